The Kier molecular flexibility index (Phi) is 4.69. The van der Waals surface area contributed by atoms with E-state index in [1.807, 2.05) is 0 Å². The molecule has 1 aromatic carbocycles. The average Bonchev–Trinajstić information content (AvgIpc) is 2.48. The van der Waals surface area contributed by atoms with Gasteiger partial charge in [0.15, 0.2) is 6.29 Å². The molecular formula is C13H17NO6. The molecule has 7 heteroatoms. The fraction of sp³-hybridized carbons (Fsp3) is 0.462. The van der Waals surface area contributed by atoms with Crippen molar-refractivity contribution in [1.82, 2.24) is 5.32 Å². The minimum atomic E-state index is -1.52. The van der Waals surface area contributed by atoms with Crippen molar-refractivity contribution in [2.75, 3.05) is 6.61 Å². The van der Waals surface area contributed by atoms with E-state index in [4.69, 9.17) is 9.84 Å². The molecule has 1 aliphatic rings. The Bertz CT molecular complexity index is 453. The van der Waals surface area contributed by atoms with Crippen molar-refractivity contribution in [3.63, 3.8) is 0 Å². The second-order valence-electron chi connectivity index (χ2n) is 4.59. The lowest BCUT2D eigenvalue weighted by molar-refractivity contribution is -0.252. The second-order valence-corrected chi connectivity index (χ2v) is 4.59. The minimum Gasteiger partial charge on any atom is -0.394 e. The van der Waals surface area contributed by atoms with Crippen LogP contribution in [0.15, 0.2) is 30.3 Å². The molecule has 0 saturated carbocycles. The molecule has 0 bridgehead atoms. The summed E-state index contributed by atoms with van der Waals surface area (Å²) in [6.07, 6.45) is -5.45. The zero-order valence-corrected chi connectivity index (χ0v) is 10.6. The Morgan fingerprint density at radius 3 is 2.40 bits per heavy atom. The molecule has 7 nitrogen and oxygen atoms in total. The second kappa shape index (κ2) is 6.29. The summed E-state index contributed by atoms with van der Waals surface area (Å²) in [6.45, 7) is -0.547. The molecule has 1 saturated heterocycles. The molecule has 5 atom stereocenters. The Morgan fingerprint density at radius 1 is 1.15 bits per heavy atom. The largest absolute Gasteiger partial charge is 0.394 e. The molecule has 1 aliphatic heterocycles. The number of aliphatic hydroxyl groups excluding tert-OH is 4. The molecule has 1 fully saturated rings. The lowest BCUT2D eigenvalue weighted by Crippen LogP contribution is -2.64. The minimum absolute atomic E-state index is 0.352. The molecule has 1 amide bonds. The predicted octanol–water partition coefficient (Wildman–Crippen LogP) is -1.78. The highest BCUT2D eigenvalue weighted by Crippen LogP contribution is 2.20. The first-order chi connectivity index (χ1) is 9.54. The van der Waals surface area contributed by atoms with Gasteiger partial charge in [-0.05, 0) is 12.1 Å². The molecule has 0 spiro atoms. The third kappa shape index (κ3) is 2.97. The van der Waals surface area contributed by atoms with Crippen LogP contribution in [0, 0.1) is 0 Å². The van der Waals surface area contributed by atoms with Gasteiger partial charge in [0.05, 0.1) is 6.61 Å². The van der Waals surface area contributed by atoms with Crippen LogP contribution in [-0.4, -0.2) is 63.6 Å². The quantitative estimate of drug-likeness (QED) is 0.447. The van der Waals surface area contributed by atoms with Gasteiger partial charge >= 0.3 is 0 Å². The van der Waals surface area contributed by atoms with Crippen LogP contribution in [0.5, 0.6) is 0 Å². The number of hydrogen-bond donors (Lipinski definition) is 5. The number of rotatable bonds is 3. The van der Waals surface area contributed by atoms with Gasteiger partial charge in [-0.2, -0.15) is 0 Å². The summed E-state index contributed by atoms with van der Waals surface area (Å²) in [4.78, 5) is 11.9. The van der Waals surface area contributed by atoms with Crippen molar-refractivity contribution in [3.05, 3.63) is 35.9 Å². The molecule has 0 aliphatic carbocycles. The fourth-order valence-corrected chi connectivity index (χ4v) is 2.08. The maximum Gasteiger partial charge on any atom is 0.251 e. The number of benzene rings is 1. The highest BCUT2D eigenvalue weighted by Gasteiger charge is 2.44. The van der Waals surface area contributed by atoms with E-state index < -0.39 is 43.2 Å². The molecule has 20 heavy (non-hydrogen) atoms. The Labute approximate surface area is 115 Å². The molecule has 0 aromatic heterocycles. The molecule has 1 aromatic rings. The first-order valence-corrected chi connectivity index (χ1v) is 6.21. The number of amides is 1. The van der Waals surface area contributed by atoms with Crippen molar-refractivity contribution in [1.29, 1.82) is 0 Å². The van der Waals surface area contributed by atoms with Gasteiger partial charge in [-0.15, -0.1) is 0 Å². The molecule has 3 unspecified atom stereocenters. The summed E-state index contributed by atoms with van der Waals surface area (Å²) >= 11 is 0. The lowest BCUT2D eigenvalue weighted by Gasteiger charge is -2.40. The summed E-state index contributed by atoms with van der Waals surface area (Å²) in [5.74, 6) is -0.507. The van der Waals surface area contributed by atoms with Gasteiger partial charge in [0.25, 0.3) is 5.91 Å². The number of aliphatic hydroxyl groups is 4. The summed E-state index contributed by atoms with van der Waals surface area (Å²) in [6, 6.07) is 7.07. The average molecular weight is 283 g/mol. The topological polar surface area (TPSA) is 119 Å². The molecular weight excluding hydrogens is 266 g/mol. The van der Waals surface area contributed by atoms with Gasteiger partial charge in [-0.25, -0.2) is 0 Å². The van der Waals surface area contributed by atoms with Crippen molar-refractivity contribution in [3.8, 4) is 0 Å². The zero-order valence-electron chi connectivity index (χ0n) is 10.6. The Balaban J connectivity index is 2.07. The van der Waals surface area contributed by atoms with E-state index in [2.05, 4.69) is 5.32 Å². The van der Waals surface area contributed by atoms with Crippen molar-refractivity contribution < 1.29 is 30.0 Å². The van der Waals surface area contributed by atoms with Crippen LogP contribution < -0.4 is 5.32 Å². The van der Waals surface area contributed by atoms with E-state index in [-0.39, 0.29) is 0 Å². The number of hydrogen-bond acceptors (Lipinski definition) is 6. The summed E-state index contributed by atoms with van der Waals surface area (Å²) in [5, 5.41) is 40.7. The van der Waals surface area contributed by atoms with Gasteiger partial charge in [0.2, 0.25) is 0 Å². The molecule has 1 heterocycles. The molecule has 0 radical (unpaired) electrons. The van der Waals surface area contributed by atoms with Gasteiger partial charge in [-0.3, -0.25) is 4.79 Å². The van der Waals surface area contributed by atoms with Crippen LogP contribution in [0.2, 0.25) is 0 Å². The monoisotopic (exact) mass is 283 g/mol. The van der Waals surface area contributed by atoms with Gasteiger partial charge in [0, 0.05) is 5.56 Å². The van der Waals surface area contributed by atoms with E-state index in [1.165, 1.54) is 0 Å². The predicted molar refractivity (Wildman–Crippen MR) is 67.7 cm³/mol. The zero-order chi connectivity index (χ0) is 14.7. The lowest BCUT2D eigenvalue weighted by atomic mass is 9.97. The van der Waals surface area contributed by atoms with E-state index >= 15 is 0 Å². The summed E-state index contributed by atoms with van der Waals surface area (Å²) in [5.41, 5.74) is 0.352. The van der Waals surface area contributed by atoms with Gasteiger partial charge in [-0.1, -0.05) is 18.2 Å². The normalized spacial score (nSPS) is 33.7. The maximum atomic E-state index is 11.9. The third-order valence-corrected chi connectivity index (χ3v) is 3.23. The van der Waals surface area contributed by atoms with E-state index in [9.17, 15) is 20.1 Å². The Morgan fingerprint density at radius 2 is 1.80 bits per heavy atom. The van der Waals surface area contributed by atoms with Crippen LogP contribution in [-0.2, 0) is 4.74 Å². The Hall–Kier alpha value is -1.51. The van der Waals surface area contributed by atoms with Crippen molar-refractivity contribution in [2.24, 2.45) is 0 Å². The fourth-order valence-electron chi connectivity index (χ4n) is 2.08. The van der Waals surface area contributed by atoms with Crippen LogP contribution in [0.4, 0.5) is 0 Å². The van der Waals surface area contributed by atoms with Crippen molar-refractivity contribution in [2.45, 2.75) is 30.6 Å². The van der Waals surface area contributed by atoms with Crippen LogP contribution in [0.25, 0.3) is 0 Å². The first-order valence-electron chi connectivity index (χ1n) is 6.21. The van der Waals surface area contributed by atoms with E-state index in [0.29, 0.717) is 5.56 Å². The van der Waals surface area contributed by atoms with E-state index in [1.54, 1.807) is 30.3 Å². The van der Waals surface area contributed by atoms with Gasteiger partial charge in [0.1, 0.15) is 24.4 Å². The highest BCUT2D eigenvalue weighted by atomic mass is 16.6. The number of nitrogens with one attached hydrogen (secondary N) is 1. The van der Waals surface area contributed by atoms with Crippen molar-refractivity contribution >= 4 is 5.91 Å². The highest BCUT2D eigenvalue weighted by molar-refractivity contribution is 5.94. The van der Waals surface area contributed by atoms with Gasteiger partial charge < -0.3 is 30.5 Å². The first kappa shape index (κ1) is 14.9. The number of carbonyl (C=O) groups excluding carboxylic acids is 1. The molecule has 2 rings (SSSR count). The third-order valence-electron chi connectivity index (χ3n) is 3.23. The van der Waals surface area contributed by atoms with Crippen LogP contribution >= 0.6 is 0 Å². The van der Waals surface area contributed by atoms with Crippen LogP contribution in [0.1, 0.15) is 10.4 Å². The molecule has 5 N–H and O–H groups in total. The molecule has 110 valence electrons. The van der Waals surface area contributed by atoms with Crippen LogP contribution in [0.3, 0.4) is 0 Å². The number of ether oxygens (including phenoxy) is 1. The summed E-state index contributed by atoms with van der Waals surface area (Å²) in [7, 11) is 0. The SMILES string of the molecule is O=C(NC1C(O)OC(CO)[C@H](O)[C@@H]1O)c1ccccc1. The van der Waals surface area contributed by atoms with E-state index in [0.717, 1.165) is 0 Å². The standard InChI is InChI=1S/C13H17NO6/c15-6-8-10(16)11(17)9(13(19)20-8)14-12(18)7-4-2-1-3-5-7/h1-5,8-11,13,15-17,19H,6H2,(H,14,18)/t8?,9?,10-,11+,13?/m0/s1. The maximum absolute atomic E-state index is 11.9. The number of carbonyl (C=O) groups is 1. The smallest absolute Gasteiger partial charge is 0.251 e. The summed E-state index contributed by atoms with van der Waals surface area (Å²) < 4.78 is 4.95.